The Kier molecular flexibility index (Phi) is 5.34. The molecule has 3 N–H and O–H groups in total. The second-order valence-corrected chi connectivity index (χ2v) is 4.44. The Morgan fingerprint density at radius 1 is 1.39 bits per heavy atom. The number of nitrogens with two attached hydrogens (primary N) is 1. The number of nitrogens with zero attached hydrogens (tertiary/aromatic N) is 1. The molecule has 1 aromatic carbocycles. The highest BCUT2D eigenvalue weighted by Gasteiger charge is 2.29. The lowest BCUT2D eigenvalue weighted by Crippen LogP contribution is -2.49. The van der Waals surface area contributed by atoms with E-state index in [1.54, 1.807) is 6.92 Å². The van der Waals surface area contributed by atoms with E-state index >= 15 is 0 Å². The Morgan fingerprint density at radius 3 is 2.67 bits per heavy atom. The topological polar surface area (TPSA) is 78.9 Å². The SMILES string of the molecule is CC(N)(C(=O)NCCCCC#N)c1ccccc1. The number of hydrogen-bond acceptors (Lipinski definition) is 3. The maximum Gasteiger partial charge on any atom is 0.244 e. The lowest BCUT2D eigenvalue weighted by atomic mass is 9.92. The normalized spacial score (nSPS) is 13.4. The van der Waals surface area contributed by atoms with E-state index in [4.69, 9.17) is 11.0 Å². The van der Waals surface area contributed by atoms with Gasteiger partial charge in [0.05, 0.1) is 6.07 Å². The zero-order valence-electron chi connectivity index (χ0n) is 10.6. The Labute approximate surface area is 108 Å². The van der Waals surface area contributed by atoms with Crippen LogP contribution in [0.5, 0.6) is 0 Å². The first-order chi connectivity index (χ1) is 8.59. The zero-order chi connectivity index (χ0) is 13.4. The minimum Gasteiger partial charge on any atom is -0.354 e. The van der Waals surface area contributed by atoms with Gasteiger partial charge in [-0.15, -0.1) is 0 Å². The van der Waals surface area contributed by atoms with Crippen molar-refractivity contribution in [3.63, 3.8) is 0 Å². The molecule has 1 aromatic rings. The van der Waals surface area contributed by atoms with Crippen LogP contribution in [0, 0.1) is 11.3 Å². The first-order valence-corrected chi connectivity index (χ1v) is 6.08. The monoisotopic (exact) mass is 245 g/mol. The van der Waals surface area contributed by atoms with Gasteiger partial charge >= 0.3 is 0 Å². The average molecular weight is 245 g/mol. The van der Waals surface area contributed by atoms with Gasteiger partial charge in [-0.2, -0.15) is 5.26 Å². The summed E-state index contributed by atoms with van der Waals surface area (Å²) in [5.74, 6) is -0.189. The van der Waals surface area contributed by atoms with Crippen molar-refractivity contribution in [2.75, 3.05) is 6.54 Å². The molecule has 0 aromatic heterocycles. The van der Waals surface area contributed by atoms with Crippen LogP contribution in [0.25, 0.3) is 0 Å². The number of carbonyl (C=O) groups excluding carboxylic acids is 1. The highest BCUT2D eigenvalue weighted by Crippen LogP contribution is 2.17. The molecule has 0 heterocycles. The summed E-state index contributed by atoms with van der Waals surface area (Å²) >= 11 is 0. The van der Waals surface area contributed by atoms with Crippen molar-refractivity contribution in [3.8, 4) is 6.07 Å². The molecule has 0 saturated carbocycles. The molecule has 0 saturated heterocycles. The molecule has 0 aliphatic carbocycles. The van der Waals surface area contributed by atoms with Crippen molar-refractivity contribution < 1.29 is 4.79 Å². The molecular formula is C14H19N3O. The number of amides is 1. The van der Waals surface area contributed by atoms with Crippen LogP contribution >= 0.6 is 0 Å². The Bertz CT molecular complexity index is 420. The van der Waals surface area contributed by atoms with Gasteiger partial charge in [-0.25, -0.2) is 0 Å². The van der Waals surface area contributed by atoms with E-state index in [-0.39, 0.29) is 5.91 Å². The number of carbonyl (C=O) groups is 1. The summed E-state index contributed by atoms with van der Waals surface area (Å²) in [6.45, 7) is 2.26. The van der Waals surface area contributed by atoms with E-state index in [2.05, 4.69) is 11.4 Å². The molecule has 0 fully saturated rings. The molecule has 4 nitrogen and oxygen atoms in total. The minimum atomic E-state index is -1.02. The second kappa shape index (κ2) is 6.77. The predicted octanol–water partition coefficient (Wildman–Crippen LogP) is 1.67. The first kappa shape index (κ1) is 14.2. The summed E-state index contributed by atoms with van der Waals surface area (Å²) in [4.78, 5) is 12.0. The molecule has 1 unspecified atom stereocenters. The molecule has 18 heavy (non-hydrogen) atoms. The number of hydrogen-bond donors (Lipinski definition) is 2. The van der Waals surface area contributed by atoms with Crippen molar-refractivity contribution >= 4 is 5.91 Å². The number of nitriles is 1. The maximum absolute atomic E-state index is 12.0. The van der Waals surface area contributed by atoms with Gasteiger partial charge in [-0.05, 0) is 25.3 Å². The van der Waals surface area contributed by atoms with Gasteiger partial charge in [-0.1, -0.05) is 30.3 Å². The van der Waals surface area contributed by atoms with Gasteiger partial charge < -0.3 is 11.1 Å². The predicted molar refractivity (Wildman–Crippen MR) is 70.5 cm³/mol. The summed E-state index contributed by atoms with van der Waals surface area (Å²) < 4.78 is 0. The van der Waals surface area contributed by atoms with Crippen LogP contribution in [0.4, 0.5) is 0 Å². The van der Waals surface area contributed by atoms with Gasteiger partial charge in [-0.3, -0.25) is 4.79 Å². The molecule has 4 heteroatoms. The lowest BCUT2D eigenvalue weighted by Gasteiger charge is -2.24. The average Bonchev–Trinajstić information content (AvgIpc) is 2.39. The van der Waals surface area contributed by atoms with E-state index in [1.807, 2.05) is 30.3 Å². The molecule has 1 amide bonds. The Hall–Kier alpha value is -1.86. The molecule has 0 bridgehead atoms. The van der Waals surface area contributed by atoms with Crippen LogP contribution in [0.2, 0.25) is 0 Å². The van der Waals surface area contributed by atoms with Crippen molar-refractivity contribution in [1.29, 1.82) is 5.26 Å². The third-order valence-electron chi connectivity index (χ3n) is 2.85. The lowest BCUT2D eigenvalue weighted by molar-refractivity contribution is -0.126. The van der Waals surface area contributed by atoms with E-state index < -0.39 is 5.54 Å². The molecule has 0 radical (unpaired) electrons. The van der Waals surface area contributed by atoms with E-state index in [0.29, 0.717) is 13.0 Å². The summed E-state index contributed by atoms with van der Waals surface area (Å²) in [5, 5.41) is 11.2. The molecule has 0 aliphatic rings. The summed E-state index contributed by atoms with van der Waals surface area (Å²) in [5.41, 5.74) is 5.83. The number of nitrogens with one attached hydrogen (secondary N) is 1. The van der Waals surface area contributed by atoms with E-state index in [9.17, 15) is 4.79 Å². The number of benzene rings is 1. The highest BCUT2D eigenvalue weighted by atomic mass is 16.2. The van der Waals surface area contributed by atoms with Crippen molar-refractivity contribution in [2.45, 2.75) is 31.7 Å². The van der Waals surface area contributed by atoms with Gasteiger partial charge in [0, 0.05) is 13.0 Å². The number of unbranched alkanes of at least 4 members (excludes halogenated alkanes) is 2. The maximum atomic E-state index is 12.0. The van der Waals surface area contributed by atoms with Crippen LogP contribution in [0.15, 0.2) is 30.3 Å². The molecule has 1 atom stereocenters. The highest BCUT2D eigenvalue weighted by molar-refractivity contribution is 5.86. The molecule has 96 valence electrons. The van der Waals surface area contributed by atoms with Crippen LogP contribution in [0.3, 0.4) is 0 Å². The standard InChI is InChI=1S/C14H19N3O/c1-14(16,12-8-4-2-5-9-12)13(18)17-11-7-3-6-10-15/h2,4-5,8-9H,3,6-7,11,16H2,1H3,(H,17,18). The van der Waals surface area contributed by atoms with Gasteiger partial charge in [0.2, 0.25) is 5.91 Å². The largest absolute Gasteiger partial charge is 0.354 e. The first-order valence-electron chi connectivity index (χ1n) is 6.08. The van der Waals surface area contributed by atoms with Crippen molar-refractivity contribution in [2.24, 2.45) is 5.73 Å². The van der Waals surface area contributed by atoms with Gasteiger partial charge in [0.15, 0.2) is 0 Å². The van der Waals surface area contributed by atoms with Crippen LogP contribution < -0.4 is 11.1 Å². The van der Waals surface area contributed by atoms with E-state index in [1.165, 1.54) is 0 Å². The quantitative estimate of drug-likeness (QED) is 0.748. The molecule has 0 aliphatic heterocycles. The second-order valence-electron chi connectivity index (χ2n) is 4.44. The van der Waals surface area contributed by atoms with Crippen molar-refractivity contribution in [3.05, 3.63) is 35.9 Å². The van der Waals surface area contributed by atoms with Crippen LogP contribution in [-0.4, -0.2) is 12.5 Å². The van der Waals surface area contributed by atoms with Crippen molar-refractivity contribution in [1.82, 2.24) is 5.32 Å². The fraction of sp³-hybridized carbons (Fsp3) is 0.429. The summed E-state index contributed by atoms with van der Waals surface area (Å²) in [7, 11) is 0. The summed E-state index contributed by atoms with van der Waals surface area (Å²) in [6, 6.07) is 11.4. The molecule has 1 rings (SSSR count). The van der Waals surface area contributed by atoms with E-state index in [0.717, 1.165) is 18.4 Å². The van der Waals surface area contributed by atoms with Crippen LogP contribution in [-0.2, 0) is 10.3 Å². The third-order valence-corrected chi connectivity index (χ3v) is 2.85. The molecular weight excluding hydrogens is 226 g/mol. The smallest absolute Gasteiger partial charge is 0.244 e. The minimum absolute atomic E-state index is 0.189. The Morgan fingerprint density at radius 2 is 2.06 bits per heavy atom. The summed E-state index contributed by atoms with van der Waals surface area (Å²) in [6.07, 6.45) is 2.11. The zero-order valence-corrected chi connectivity index (χ0v) is 10.6. The number of rotatable bonds is 6. The Balaban J connectivity index is 2.48. The fourth-order valence-electron chi connectivity index (χ4n) is 1.63. The fourth-order valence-corrected chi connectivity index (χ4v) is 1.63. The van der Waals surface area contributed by atoms with Crippen LogP contribution in [0.1, 0.15) is 31.7 Å². The third kappa shape index (κ3) is 3.86. The van der Waals surface area contributed by atoms with Gasteiger partial charge in [0.25, 0.3) is 0 Å². The van der Waals surface area contributed by atoms with Gasteiger partial charge in [0.1, 0.15) is 5.54 Å². The molecule has 0 spiro atoms.